The summed E-state index contributed by atoms with van der Waals surface area (Å²) in [6.07, 6.45) is 5.22. The van der Waals surface area contributed by atoms with E-state index in [-0.39, 0.29) is 24.9 Å². The SMILES string of the molecule is COc1cccc(CN(C(=O)CN(c2ccc(Cl)cc2C)S(C)(=O)=O)C(Cc2ccccc2)C(=O)NC2CCCC2)c1. The van der Waals surface area contributed by atoms with Crippen LogP contribution in [0.15, 0.2) is 72.8 Å². The fraction of sp³-hybridized carbons (Fsp3) is 0.375. The van der Waals surface area contributed by atoms with Gasteiger partial charge in [-0.3, -0.25) is 13.9 Å². The number of amides is 2. The van der Waals surface area contributed by atoms with E-state index in [1.165, 1.54) is 4.90 Å². The molecule has 0 aliphatic heterocycles. The van der Waals surface area contributed by atoms with Crippen LogP contribution in [0.5, 0.6) is 5.75 Å². The van der Waals surface area contributed by atoms with Crippen molar-refractivity contribution in [2.24, 2.45) is 0 Å². The number of anilines is 1. The topological polar surface area (TPSA) is 96.0 Å². The number of ether oxygens (including phenoxy) is 1. The van der Waals surface area contributed by atoms with E-state index in [2.05, 4.69) is 5.32 Å². The van der Waals surface area contributed by atoms with Crippen molar-refractivity contribution in [1.82, 2.24) is 10.2 Å². The highest BCUT2D eigenvalue weighted by Crippen LogP contribution is 2.27. The average molecular weight is 612 g/mol. The van der Waals surface area contributed by atoms with Gasteiger partial charge in [0.25, 0.3) is 0 Å². The van der Waals surface area contributed by atoms with Crippen LogP contribution in [0.25, 0.3) is 0 Å². The Morgan fingerprint density at radius 1 is 1.00 bits per heavy atom. The first-order chi connectivity index (χ1) is 20.0. The van der Waals surface area contributed by atoms with Gasteiger partial charge in [0.2, 0.25) is 21.8 Å². The number of carbonyl (C=O) groups is 2. The highest BCUT2D eigenvalue weighted by molar-refractivity contribution is 7.92. The van der Waals surface area contributed by atoms with Gasteiger partial charge >= 0.3 is 0 Å². The Morgan fingerprint density at radius 3 is 2.33 bits per heavy atom. The zero-order chi connectivity index (χ0) is 30.3. The minimum absolute atomic E-state index is 0.0498. The van der Waals surface area contributed by atoms with Gasteiger partial charge in [-0.05, 0) is 66.8 Å². The lowest BCUT2D eigenvalue weighted by Crippen LogP contribution is -2.54. The van der Waals surface area contributed by atoms with Gasteiger partial charge in [-0.2, -0.15) is 0 Å². The van der Waals surface area contributed by atoms with Crippen LogP contribution >= 0.6 is 11.6 Å². The summed E-state index contributed by atoms with van der Waals surface area (Å²) in [5.41, 5.74) is 2.61. The second kappa shape index (κ2) is 14.1. The van der Waals surface area contributed by atoms with Crippen LogP contribution in [0, 0.1) is 6.92 Å². The third kappa shape index (κ3) is 8.26. The second-order valence-corrected chi connectivity index (χ2v) is 13.1. The molecule has 2 amide bonds. The highest BCUT2D eigenvalue weighted by atomic mass is 35.5. The summed E-state index contributed by atoms with van der Waals surface area (Å²) < 4.78 is 32.5. The third-order valence-electron chi connectivity index (χ3n) is 7.57. The monoisotopic (exact) mass is 611 g/mol. The number of nitrogens with one attached hydrogen (secondary N) is 1. The molecule has 1 atom stereocenters. The largest absolute Gasteiger partial charge is 0.497 e. The van der Waals surface area contributed by atoms with Crippen LogP contribution in [0.2, 0.25) is 5.02 Å². The molecule has 0 heterocycles. The van der Waals surface area contributed by atoms with Crippen LogP contribution in [0.4, 0.5) is 5.69 Å². The third-order valence-corrected chi connectivity index (χ3v) is 8.93. The lowest BCUT2D eigenvalue weighted by molar-refractivity contribution is -0.140. The average Bonchev–Trinajstić information content (AvgIpc) is 3.47. The molecule has 3 aromatic carbocycles. The molecule has 0 aromatic heterocycles. The number of aryl methyl sites for hydroxylation is 1. The number of halogens is 1. The van der Waals surface area contributed by atoms with Crippen molar-refractivity contribution in [2.45, 2.75) is 57.7 Å². The van der Waals surface area contributed by atoms with Crippen molar-refractivity contribution in [1.29, 1.82) is 0 Å². The highest BCUT2D eigenvalue weighted by Gasteiger charge is 2.34. The van der Waals surface area contributed by atoms with Gasteiger partial charge in [0, 0.05) is 24.0 Å². The van der Waals surface area contributed by atoms with Gasteiger partial charge in [0.15, 0.2) is 0 Å². The standard InChI is InChI=1S/C32H38ClN3O5S/c1-23-18-26(33)16-17-29(23)36(42(3,39)40)22-31(37)35(21-25-12-9-15-28(19-25)41-2)30(20-24-10-5-4-6-11-24)32(38)34-27-13-7-8-14-27/h4-6,9-12,15-19,27,30H,7-8,13-14,20-22H2,1-3H3,(H,34,38). The molecule has 42 heavy (non-hydrogen) atoms. The minimum atomic E-state index is -3.87. The molecule has 1 aliphatic rings. The predicted molar refractivity (Wildman–Crippen MR) is 166 cm³/mol. The van der Waals surface area contributed by atoms with Gasteiger partial charge in [0.1, 0.15) is 18.3 Å². The number of hydrogen-bond donors (Lipinski definition) is 1. The van der Waals surface area contributed by atoms with Gasteiger partial charge in [0.05, 0.1) is 19.1 Å². The maximum Gasteiger partial charge on any atom is 0.244 e. The molecule has 3 aromatic rings. The van der Waals surface area contributed by atoms with Crippen LogP contribution in [0.1, 0.15) is 42.4 Å². The molecule has 1 unspecified atom stereocenters. The maximum absolute atomic E-state index is 14.3. The van der Waals surface area contributed by atoms with E-state index in [9.17, 15) is 18.0 Å². The van der Waals surface area contributed by atoms with E-state index < -0.39 is 28.5 Å². The Kier molecular flexibility index (Phi) is 10.5. The Morgan fingerprint density at radius 2 is 1.69 bits per heavy atom. The second-order valence-electron chi connectivity index (χ2n) is 10.8. The minimum Gasteiger partial charge on any atom is -0.497 e. The van der Waals surface area contributed by atoms with Gasteiger partial charge in [-0.15, -0.1) is 0 Å². The summed E-state index contributed by atoms with van der Waals surface area (Å²) >= 11 is 6.13. The summed E-state index contributed by atoms with van der Waals surface area (Å²) in [5, 5.41) is 3.63. The normalized spacial score (nSPS) is 14.3. The molecule has 10 heteroatoms. The number of carbonyl (C=O) groups excluding carboxylic acids is 2. The van der Waals surface area contributed by atoms with Crippen LogP contribution in [-0.4, -0.2) is 57.1 Å². The summed E-state index contributed by atoms with van der Waals surface area (Å²) in [4.78, 5) is 29.7. The number of methoxy groups -OCH3 is 1. The van der Waals surface area contributed by atoms with Gasteiger partial charge in [-0.25, -0.2) is 8.42 Å². The number of rotatable bonds is 12. The molecule has 0 radical (unpaired) electrons. The molecule has 0 saturated heterocycles. The first-order valence-electron chi connectivity index (χ1n) is 14.1. The fourth-order valence-corrected chi connectivity index (χ4v) is 6.52. The smallest absolute Gasteiger partial charge is 0.244 e. The van der Waals surface area contributed by atoms with Crippen molar-refractivity contribution >= 4 is 39.1 Å². The van der Waals surface area contributed by atoms with Crippen LogP contribution in [0.3, 0.4) is 0 Å². The molecule has 8 nitrogen and oxygen atoms in total. The Balaban J connectivity index is 1.75. The van der Waals surface area contributed by atoms with Crippen molar-refractivity contribution in [3.8, 4) is 5.75 Å². The molecule has 0 bridgehead atoms. The van der Waals surface area contributed by atoms with E-state index in [0.717, 1.165) is 47.4 Å². The fourth-order valence-electron chi connectivity index (χ4n) is 5.38. The molecule has 0 spiro atoms. The van der Waals surface area contributed by atoms with Crippen molar-refractivity contribution in [2.75, 3.05) is 24.2 Å². The first-order valence-corrected chi connectivity index (χ1v) is 16.3. The van der Waals surface area contributed by atoms with E-state index in [4.69, 9.17) is 16.3 Å². The van der Waals surface area contributed by atoms with Crippen molar-refractivity contribution in [3.63, 3.8) is 0 Å². The van der Waals surface area contributed by atoms with E-state index >= 15 is 0 Å². The predicted octanol–water partition coefficient (Wildman–Crippen LogP) is 5.12. The molecular weight excluding hydrogens is 574 g/mol. The number of nitrogens with zero attached hydrogens (tertiary/aromatic N) is 2. The van der Waals surface area contributed by atoms with Crippen LogP contribution < -0.4 is 14.4 Å². The summed E-state index contributed by atoms with van der Waals surface area (Å²) in [6, 6.07) is 20.8. The molecule has 224 valence electrons. The molecular formula is C32H38ClN3O5S. The van der Waals surface area contributed by atoms with E-state index in [1.807, 2.05) is 48.5 Å². The maximum atomic E-state index is 14.3. The van der Waals surface area contributed by atoms with Crippen molar-refractivity contribution < 1.29 is 22.7 Å². The van der Waals surface area contributed by atoms with E-state index in [0.29, 0.717) is 22.0 Å². The Bertz CT molecular complexity index is 1490. The van der Waals surface area contributed by atoms with Gasteiger partial charge < -0.3 is 15.0 Å². The number of sulfonamides is 1. The zero-order valence-electron chi connectivity index (χ0n) is 24.3. The lowest BCUT2D eigenvalue weighted by Gasteiger charge is -2.34. The summed E-state index contributed by atoms with van der Waals surface area (Å²) in [6.45, 7) is 1.35. The first kappa shape index (κ1) is 31.4. The molecule has 1 aliphatic carbocycles. The molecule has 1 saturated carbocycles. The molecule has 1 N–H and O–H groups in total. The van der Waals surface area contributed by atoms with E-state index in [1.54, 1.807) is 38.3 Å². The number of hydrogen-bond acceptors (Lipinski definition) is 5. The number of benzene rings is 3. The quantitative estimate of drug-likeness (QED) is 0.307. The van der Waals surface area contributed by atoms with Crippen molar-refractivity contribution in [3.05, 3.63) is 94.5 Å². The summed E-state index contributed by atoms with van der Waals surface area (Å²) in [7, 11) is -2.30. The Labute approximate surface area is 253 Å². The lowest BCUT2D eigenvalue weighted by atomic mass is 10.0. The molecule has 4 rings (SSSR count). The van der Waals surface area contributed by atoms with Gasteiger partial charge in [-0.1, -0.05) is 66.9 Å². The zero-order valence-corrected chi connectivity index (χ0v) is 25.8. The molecule has 1 fully saturated rings. The summed E-state index contributed by atoms with van der Waals surface area (Å²) in [5.74, 6) is -0.139. The Hall–Kier alpha value is -3.56. The van der Waals surface area contributed by atoms with Crippen LogP contribution in [-0.2, 0) is 32.6 Å².